The van der Waals surface area contributed by atoms with Gasteiger partial charge in [-0.1, -0.05) is 311 Å². The van der Waals surface area contributed by atoms with Crippen molar-refractivity contribution in [1.29, 1.82) is 0 Å². The molecule has 3 nitrogen and oxygen atoms in total. The molecule has 3 aromatic heterocycles. The van der Waals surface area contributed by atoms with E-state index in [1.807, 2.05) is 83.3 Å². The summed E-state index contributed by atoms with van der Waals surface area (Å²) in [6, 6.07) is 116. The second-order valence-electron chi connectivity index (χ2n) is 25.3. The monoisotopic (exact) mass is 1250 g/mol. The lowest BCUT2D eigenvalue weighted by molar-refractivity contribution is 0.660. The molecule has 0 radical (unpaired) electrons. The van der Waals surface area contributed by atoms with Crippen LogP contribution in [0.4, 0.5) is 0 Å². The van der Waals surface area contributed by atoms with Crippen molar-refractivity contribution in [3.05, 3.63) is 333 Å². The van der Waals surface area contributed by atoms with Crippen molar-refractivity contribution in [1.82, 2.24) is 15.0 Å². The van der Waals surface area contributed by atoms with Gasteiger partial charge in [0.15, 0.2) is 17.5 Å². The minimum Gasteiger partial charge on any atom is -0.208 e. The van der Waals surface area contributed by atoms with E-state index in [2.05, 4.69) is 275 Å². The maximum absolute atomic E-state index is 5.00. The molecule has 0 bridgehead atoms. The Labute approximate surface area is 559 Å². The van der Waals surface area contributed by atoms with Gasteiger partial charge < -0.3 is 0 Å². The summed E-state index contributed by atoms with van der Waals surface area (Å²) in [4.78, 5) is 14.9. The van der Waals surface area contributed by atoms with Gasteiger partial charge in [0.25, 0.3) is 0 Å². The average molecular weight is 1250 g/mol. The van der Waals surface area contributed by atoms with Crippen molar-refractivity contribution < 1.29 is 0 Å². The van der Waals surface area contributed by atoms with E-state index < -0.39 is 0 Å². The van der Waals surface area contributed by atoms with E-state index >= 15 is 0 Å². The van der Waals surface area contributed by atoms with E-state index in [-0.39, 0.29) is 5.41 Å². The van der Waals surface area contributed by atoms with Crippen LogP contribution in [0.15, 0.2) is 322 Å². The van der Waals surface area contributed by atoms with Gasteiger partial charge in [-0.2, -0.15) is 0 Å². The van der Waals surface area contributed by atoms with Crippen LogP contribution < -0.4 is 0 Å². The van der Waals surface area contributed by atoms with Crippen molar-refractivity contribution in [2.75, 3.05) is 0 Å². The smallest absolute Gasteiger partial charge is 0.164 e. The Bertz CT molecular complexity index is 5970. The Morgan fingerprint density at radius 3 is 1.03 bits per heavy atom. The first-order valence-corrected chi connectivity index (χ1v) is 34.1. The molecule has 15 aromatic carbocycles. The van der Waals surface area contributed by atoms with Gasteiger partial charge in [0, 0.05) is 62.4 Å². The zero-order valence-corrected chi connectivity index (χ0v) is 53.9. The van der Waals surface area contributed by atoms with Gasteiger partial charge in [-0.05, 0) is 134 Å². The van der Waals surface area contributed by atoms with Crippen molar-refractivity contribution in [2.24, 2.45) is 0 Å². The summed E-state index contributed by atoms with van der Waals surface area (Å²) in [7, 11) is 0. The Balaban J connectivity index is 0.000000141. The van der Waals surface area contributed by atoms with Crippen molar-refractivity contribution in [2.45, 2.75) is 19.3 Å². The highest BCUT2D eigenvalue weighted by molar-refractivity contribution is 7.27. The standard InChI is InChI=1S/C48H33N3S.C42H26S/c1-48(2)41-25-10-9-20-37(41)38-27-26-33(29-42(38)48)36-22-13-24-40-39-23-12-21-35(43(39)52-44(36)40)32-18-11-19-34(28-32)47-50-45(30-14-5-3-6-15-30)49-46(51-47)31-16-7-4-8-17-31;1-2-11-27(12-3-1)31-19-9-21-38-39-22-10-20-32(42(39)43-41(31)38)30-14-8-13-28(25-30)29-23-24-37-35-17-5-4-15-33(35)34-16-6-7-18-36(34)40(37)26-29/h3-29H,1-2H3;1-26H. The lowest BCUT2D eigenvalue weighted by Crippen LogP contribution is -2.14. The maximum atomic E-state index is 5.00. The second kappa shape index (κ2) is 23.0. The molecule has 0 atom stereocenters. The number of hydrogen-bond acceptors (Lipinski definition) is 5. The van der Waals surface area contributed by atoms with Gasteiger partial charge in [0.05, 0.1) is 0 Å². The van der Waals surface area contributed by atoms with Crippen LogP contribution in [-0.2, 0) is 5.41 Å². The summed E-state index contributed by atoms with van der Waals surface area (Å²) in [5.41, 5.74) is 20.8. The predicted octanol–water partition coefficient (Wildman–Crippen LogP) is 25.4. The number of aromatic nitrogens is 3. The third kappa shape index (κ3) is 9.65. The number of fused-ring (bicyclic) bond motifs is 15. The van der Waals surface area contributed by atoms with Crippen molar-refractivity contribution in [3.63, 3.8) is 0 Å². The quantitative estimate of drug-likeness (QED) is 0.142. The average Bonchev–Trinajstić information content (AvgIpc) is 1.74. The fraction of sp³-hybridized carbons (Fsp3) is 0.0333. The predicted molar refractivity (Wildman–Crippen MR) is 406 cm³/mol. The van der Waals surface area contributed by atoms with Gasteiger partial charge in [-0.3, -0.25) is 0 Å². The van der Waals surface area contributed by atoms with Gasteiger partial charge in [0.2, 0.25) is 0 Å². The Kier molecular flexibility index (Phi) is 13.6. The molecule has 95 heavy (non-hydrogen) atoms. The van der Waals surface area contributed by atoms with Crippen LogP contribution in [0.3, 0.4) is 0 Å². The molecule has 0 amide bonds. The highest BCUT2D eigenvalue weighted by atomic mass is 32.1. The number of benzene rings is 15. The largest absolute Gasteiger partial charge is 0.208 e. The summed E-state index contributed by atoms with van der Waals surface area (Å²) >= 11 is 3.80. The zero-order valence-electron chi connectivity index (χ0n) is 52.3. The number of thiophene rings is 2. The van der Waals surface area contributed by atoms with Crippen LogP contribution in [0, 0.1) is 0 Å². The summed E-state index contributed by atoms with van der Waals surface area (Å²) in [5.74, 6) is 1.97. The molecule has 0 N–H and O–H groups in total. The molecular formula is C90H59N3S2. The second-order valence-corrected chi connectivity index (χ2v) is 27.3. The number of hydrogen-bond donors (Lipinski definition) is 0. The molecule has 5 heteroatoms. The Morgan fingerprint density at radius 1 is 0.200 bits per heavy atom. The lowest BCUT2D eigenvalue weighted by atomic mass is 9.81. The molecule has 19 rings (SSSR count). The first-order valence-electron chi connectivity index (χ1n) is 32.5. The molecular weight excluding hydrogens is 1190 g/mol. The fourth-order valence-corrected chi connectivity index (χ4v) is 17.5. The van der Waals surface area contributed by atoms with Crippen molar-refractivity contribution >= 4 is 95.3 Å². The summed E-state index contributed by atoms with van der Waals surface area (Å²) in [6.45, 7) is 4.70. The third-order valence-corrected chi connectivity index (χ3v) is 22.0. The maximum Gasteiger partial charge on any atom is 0.164 e. The summed E-state index contributed by atoms with van der Waals surface area (Å²) < 4.78 is 5.28. The SMILES string of the molecule is CC1(C)c2ccccc2-c2ccc(-c3cccc4c3sc3c(-c5cccc(-c6nc(-c7ccccc7)nc(-c7ccccc7)n6)c5)cccc34)cc21.c1ccc(-c2cccc3c2sc2c(-c4cccc(-c5ccc6c7ccccc7c7ccccc7c6c5)c4)cccc23)cc1. The number of rotatable bonds is 8. The van der Waals surface area contributed by atoms with E-state index in [0.717, 1.165) is 22.3 Å². The van der Waals surface area contributed by atoms with Crippen LogP contribution in [0.1, 0.15) is 25.0 Å². The number of nitrogens with zero attached hydrogens (tertiary/aromatic N) is 3. The van der Waals surface area contributed by atoms with Gasteiger partial charge >= 0.3 is 0 Å². The van der Waals surface area contributed by atoms with Crippen LogP contribution in [-0.4, -0.2) is 15.0 Å². The molecule has 446 valence electrons. The Hall–Kier alpha value is -11.5. The topological polar surface area (TPSA) is 38.7 Å². The first kappa shape index (κ1) is 56.3. The van der Waals surface area contributed by atoms with Crippen LogP contribution in [0.2, 0.25) is 0 Å². The minimum absolute atomic E-state index is 0.0452. The van der Waals surface area contributed by atoms with Crippen LogP contribution >= 0.6 is 22.7 Å². The zero-order chi connectivity index (χ0) is 63.1. The van der Waals surface area contributed by atoms with E-state index in [9.17, 15) is 0 Å². The van der Waals surface area contributed by atoms with E-state index in [1.54, 1.807) is 0 Å². The lowest BCUT2D eigenvalue weighted by Gasteiger charge is -2.22. The molecule has 0 saturated heterocycles. The molecule has 1 aliphatic rings. The molecule has 0 spiro atoms. The summed E-state index contributed by atoms with van der Waals surface area (Å²) in [6.07, 6.45) is 0. The van der Waals surface area contributed by atoms with E-state index in [0.29, 0.717) is 17.5 Å². The molecule has 0 saturated carbocycles. The van der Waals surface area contributed by atoms with Crippen molar-refractivity contribution in [3.8, 4) is 101 Å². The molecule has 3 heterocycles. The highest BCUT2D eigenvalue weighted by Crippen LogP contribution is 2.52. The van der Waals surface area contributed by atoms with Gasteiger partial charge in [-0.15, -0.1) is 22.7 Å². The van der Waals surface area contributed by atoms with Crippen LogP contribution in [0.25, 0.3) is 174 Å². The third-order valence-electron chi connectivity index (χ3n) is 19.4. The highest BCUT2D eigenvalue weighted by Gasteiger charge is 2.35. The van der Waals surface area contributed by atoms with E-state index in [4.69, 9.17) is 15.0 Å². The molecule has 18 aromatic rings. The Morgan fingerprint density at radius 2 is 0.516 bits per heavy atom. The van der Waals surface area contributed by atoms with Crippen LogP contribution in [0.5, 0.6) is 0 Å². The van der Waals surface area contributed by atoms with Gasteiger partial charge in [0.1, 0.15) is 0 Å². The fourth-order valence-electron chi connectivity index (χ4n) is 14.8. The molecule has 0 fully saturated rings. The van der Waals surface area contributed by atoms with Gasteiger partial charge in [-0.25, -0.2) is 15.0 Å². The van der Waals surface area contributed by atoms with E-state index in [1.165, 1.54) is 145 Å². The summed E-state index contributed by atoms with van der Waals surface area (Å²) in [5, 5.41) is 13.1. The first-order chi connectivity index (χ1) is 46.9. The molecule has 0 unspecified atom stereocenters. The normalized spacial score (nSPS) is 12.4. The molecule has 0 aliphatic heterocycles. The minimum atomic E-state index is -0.0452. The molecule has 1 aliphatic carbocycles.